The molecule has 1 aromatic rings. The van der Waals surface area contributed by atoms with Gasteiger partial charge in [0.15, 0.2) is 0 Å². The summed E-state index contributed by atoms with van der Waals surface area (Å²) in [5, 5.41) is 0. The molecule has 2 unspecified atom stereocenters. The molecular formula is C20H33N3O. The Balaban J connectivity index is 1.28. The first-order valence-electron chi connectivity index (χ1n) is 9.67. The Kier molecular flexibility index (Phi) is 6.38. The molecule has 1 aliphatic heterocycles. The van der Waals surface area contributed by atoms with Crippen molar-refractivity contribution in [2.75, 3.05) is 51.6 Å². The zero-order valence-corrected chi connectivity index (χ0v) is 15.1. The molecule has 0 spiro atoms. The highest BCUT2D eigenvalue weighted by Crippen LogP contribution is 2.39. The molecule has 4 nitrogen and oxygen atoms in total. The van der Waals surface area contributed by atoms with Crippen LogP contribution in [-0.4, -0.2) is 55.7 Å². The largest absolute Gasteiger partial charge is 0.493 e. The van der Waals surface area contributed by atoms with E-state index < -0.39 is 0 Å². The van der Waals surface area contributed by atoms with Crippen molar-refractivity contribution in [2.24, 2.45) is 11.8 Å². The van der Waals surface area contributed by atoms with E-state index in [2.05, 4.69) is 16.7 Å². The minimum Gasteiger partial charge on any atom is -0.493 e. The first-order chi connectivity index (χ1) is 11.7. The van der Waals surface area contributed by atoms with Gasteiger partial charge in [-0.3, -0.25) is 0 Å². The van der Waals surface area contributed by atoms with Crippen molar-refractivity contribution in [2.45, 2.75) is 32.6 Å². The van der Waals surface area contributed by atoms with Gasteiger partial charge in [-0.2, -0.15) is 0 Å². The molecule has 1 heterocycles. The fraction of sp³-hybridized carbons (Fsp3) is 0.700. The van der Waals surface area contributed by atoms with Crippen molar-refractivity contribution in [1.29, 1.82) is 0 Å². The van der Waals surface area contributed by atoms with Crippen LogP contribution < -0.4 is 10.5 Å². The standard InChI is InChI=1S/C20H33N3O/c1-2-3-4-9-22-10-12-23(13-11-22)15-17-14-18(17)16-24-20-7-5-19(21)6-8-20/h5-8,17-18H,2-4,9-16,21H2,1H3. The van der Waals surface area contributed by atoms with E-state index in [0.717, 1.165) is 29.9 Å². The maximum absolute atomic E-state index is 5.89. The average Bonchev–Trinajstić information content (AvgIpc) is 3.34. The van der Waals surface area contributed by atoms with Crippen molar-refractivity contribution in [1.82, 2.24) is 9.80 Å². The van der Waals surface area contributed by atoms with E-state index in [9.17, 15) is 0 Å². The Bertz CT molecular complexity index is 482. The van der Waals surface area contributed by atoms with Gasteiger partial charge in [-0.1, -0.05) is 19.8 Å². The minimum atomic E-state index is 0.741. The molecule has 0 aromatic heterocycles. The number of unbranched alkanes of at least 4 members (excludes halogenated alkanes) is 2. The number of nitrogen functional groups attached to an aromatic ring is 1. The lowest BCUT2D eigenvalue weighted by molar-refractivity contribution is 0.124. The van der Waals surface area contributed by atoms with Crippen LogP contribution in [0.1, 0.15) is 32.6 Å². The molecule has 1 aliphatic carbocycles. The summed E-state index contributed by atoms with van der Waals surface area (Å²) in [6.45, 7) is 10.7. The molecule has 1 aromatic carbocycles. The van der Waals surface area contributed by atoms with Crippen LogP contribution in [0, 0.1) is 11.8 Å². The van der Waals surface area contributed by atoms with Gasteiger partial charge in [-0.15, -0.1) is 0 Å². The fourth-order valence-corrected chi connectivity index (χ4v) is 3.62. The number of piperazine rings is 1. The van der Waals surface area contributed by atoms with Gasteiger partial charge in [0.25, 0.3) is 0 Å². The van der Waals surface area contributed by atoms with Crippen LogP contribution in [0.4, 0.5) is 5.69 Å². The lowest BCUT2D eigenvalue weighted by atomic mass is 10.2. The van der Waals surface area contributed by atoms with Crippen LogP contribution in [0.25, 0.3) is 0 Å². The lowest BCUT2D eigenvalue weighted by Crippen LogP contribution is -2.47. The fourth-order valence-electron chi connectivity index (χ4n) is 3.62. The van der Waals surface area contributed by atoms with Gasteiger partial charge in [-0.25, -0.2) is 0 Å². The number of benzene rings is 1. The second-order valence-corrected chi connectivity index (χ2v) is 7.49. The molecular weight excluding hydrogens is 298 g/mol. The molecule has 1 saturated carbocycles. The molecule has 2 fully saturated rings. The van der Waals surface area contributed by atoms with E-state index in [1.165, 1.54) is 65.0 Å². The zero-order valence-electron chi connectivity index (χ0n) is 15.1. The molecule has 1 saturated heterocycles. The summed E-state index contributed by atoms with van der Waals surface area (Å²) in [5.41, 5.74) is 6.49. The predicted molar refractivity (Wildman–Crippen MR) is 100 cm³/mol. The summed E-state index contributed by atoms with van der Waals surface area (Å²) in [4.78, 5) is 5.30. The Morgan fingerprint density at radius 3 is 2.42 bits per heavy atom. The van der Waals surface area contributed by atoms with Gasteiger partial charge in [0.05, 0.1) is 6.61 Å². The van der Waals surface area contributed by atoms with Gasteiger partial charge in [0.2, 0.25) is 0 Å². The minimum absolute atomic E-state index is 0.741. The SMILES string of the molecule is CCCCCN1CCN(CC2CC2COc2ccc(N)cc2)CC1. The Morgan fingerprint density at radius 2 is 1.71 bits per heavy atom. The average molecular weight is 332 g/mol. The van der Waals surface area contributed by atoms with Crippen molar-refractivity contribution in [3.05, 3.63) is 24.3 Å². The van der Waals surface area contributed by atoms with Crippen molar-refractivity contribution < 1.29 is 4.74 Å². The normalized spacial score (nSPS) is 24.9. The highest BCUT2D eigenvalue weighted by atomic mass is 16.5. The first kappa shape index (κ1) is 17.6. The lowest BCUT2D eigenvalue weighted by Gasteiger charge is -2.34. The highest BCUT2D eigenvalue weighted by molar-refractivity contribution is 5.41. The molecule has 3 rings (SSSR count). The molecule has 24 heavy (non-hydrogen) atoms. The highest BCUT2D eigenvalue weighted by Gasteiger charge is 2.39. The van der Waals surface area contributed by atoms with E-state index in [4.69, 9.17) is 10.5 Å². The van der Waals surface area contributed by atoms with Crippen LogP contribution in [0.5, 0.6) is 5.75 Å². The number of hydrogen-bond acceptors (Lipinski definition) is 4. The second kappa shape index (κ2) is 8.72. The van der Waals surface area contributed by atoms with Crippen molar-refractivity contribution >= 4 is 5.69 Å². The number of rotatable bonds is 9. The van der Waals surface area contributed by atoms with Gasteiger partial charge < -0.3 is 20.3 Å². The number of anilines is 1. The van der Waals surface area contributed by atoms with E-state index in [1.54, 1.807) is 0 Å². The predicted octanol–water partition coefficient (Wildman–Crippen LogP) is 3.09. The van der Waals surface area contributed by atoms with Crippen LogP contribution in [-0.2, 0) is 0 Å². The van der Waals surface area contributed by atoms with E-state index >= 15 is 0 Å². The van der Waals surface area contributed by atoms with Crippen molar-refractivity contribution in [3.63, 3.8) is 0 Å². The topological polar surface area (TPSA) is 41.7 Å². The van der Waals surface area contributed by atoms with E-state index in [0.29, 0.717) is 0 Å². The third-order valence-corrected chi connectivity index (χ3v) is 5.45. The summed E-state index contributed by atoms with van der Waals surface area (Å²) < 4.78 is 5.89. The van der Waals surface area contributed by atoms with Gasteiger partial charge in [0, 0.05) is 38.4 Å². The maximum atomic E-state index is 5.89. The number of nitrogens with two attached hydrogens (primary N) is 1. The van der Waals surface area contributed by atoms with Crippen LogP contribution in [0.2, 0.25) is 0 Å². The van der Waals surface area contributed by atoms with Gasteiger partial charge in [0.1, 0.15) is 5.75 Å². The summed E-state index contributed by atoms with van der Waals surface area (Å²) in [7, 11) is 0. The molecule has 2 N–H and O–H groups in total. The Hall–Kier alpha value is -1.26. The molecule has 4 heteroatoms. The summed E-state index contributed by atoms with van der Waals surface area (Å²) >= 11 is 0. The van der Waals surface area contributed by atoms with Crippen molar-refractivity contribution in [3.8, 4) is 5.75 Å². The van der Waals surface area contributed by atoms with E-state index in [-0.39, 0.29) is 0 Å². The van der Waals surface area contributed by atoms with Crippen LogP contribution in [0.15, 0.2) is 24.3 Å². The smallest absolute Gasteiger partial charge is 0.119 e. The van der Waals surface area contributed by atoms with Gasteiger partial charge >= 0.3 is 0 Å². The molecule has 0 amide bonds. The Morgan fingerprint density at radius 1 is 1.00 bits per heavy atom. The van der Waals surface area contributed by atoms with Gasteiger partial charge in [-0.05, 0) is 55.5 Å². The molecule has 0 bridgehead atoms. The number of nitrogens with zero attached hydrogens (tertiary/aromatic N) is 2. The first-order valence-corrected chi connectivity index (χ1v) is 9.67. The third-order valence-electron chi connectivity index (χ3n) is 5.45. The third kappa shape index (κ3) is 5.38. The number of ether oxygens (including phenoxy) is 1. The quantitative estimate of drug-likeness (QED) is 0.558. The Labute approximate surface area is 147 Å². The van der Waals surface area contributed by atoms with E-state index in [1.807, 2.05) is 24.3 Å². The summed E-state index contributed by atoms with van der Waals surface area (Å²) in [6.07, 6.45) is 5.38. The summed E-state index contributed by atoms with van der Waals surface area (Å²) in [6, 6.07) is 7.73. The van der Waals surface area contributed by atoms with Crippen LogP contribution >= 0.6 is 0 Å². The molecule has 2 atom stereocenters. The number of hydrogen-bond donors (Lipinski definition) is 1. The second-order valence-electron chi connectivity index (χ2n) is 7.49. The van der Waals surface area contributed by atoms with Crippen LogP contribution in [0.3, 0.4) is 0 Å². The molecule has 134 valence electrons. The molecule has 0 radical (unpaired) electrons. The summed E-state index contributed by atoms with van der Waals surface area (Å²) in [5.74, 6) is 2.52. The molecule has 2 aliphatic rings. The maximum Gasteiger partial charge on any atom is 0.119 e. The zero-order chi connectivity index (χ0) is 16.8. The monoisotopic (exact) mass is 331 g/mol.